The fraction of sp³-hybridized carbons (Fsp3) is 0.737. The molecule has 0 aromatic rings. The van der Waals surface area contributed by atoms with Crippen molar-refractivity contribution in [2.24, 2.45) is 11.3 Å². The summed E-state index contributed by atoms with van der Waals surface area (Å²) in [5, 5.41) is 9.86. The number of carbonyl (C=O) groups is 1. The molecule has 2 rings (SSSR count). The first-order valence-corrected chi connectivity index (χ1v) is 9.00. The zero-order valence-electron chi connectivity index (χ0n) is 15.1. The van der Waals surface area contributed by atoms with E-state index in [1.165, 1.54) is 6.08 Å². The number of ketones is 1. The van der Waals surface area contributed by atoms with E-state index in [2.05, 4.69) is 0 Å². The number of allylic oxidation sites excluding steroid dienone is 3. The molecule has 0 amide bonds. The summed E-state index contributed by atoms with van der Waals surface area (Å²) in [4.78, 5) is 12.1. The van der Waals surface area contributed by atoms with Crippen LogP contribution in [0.5, 0.6) is 0 Å². The van der Waals surface area contributed by atoms with E-state index in [0.29, 0.717) is 25.3 Å². The van der Waals surface area contributed by atoms with Crippen molar-refractivity contribution in [1.82, 2.24) is 0 Å². The van der Waals surface area contributed by atoms with Crippen LogP contribution in [-0.2, 0) is 4.79 Å². The highest BCUT2D eigenvalue weighted by Gasteiger charge is 2.47. The van der Waals surface area contributed by atoms with Crippen molar-refractivity contribution in [2.75, 3.05) is 0 Å². The van der Waals surface area contributed by atoms with Gasteiger partial charge in [0.15, 0.2) is 0 Å². The molecule has 8 heteroatoms. The van der Waals surface area contributed by atoms with E-state index < -0.39 is 30.8 Å². The van der Waals surface area contributed by atoms with Crippen LogP contribution in [0, 0.1) is 11.3 Å². The first kappa shape index (κ1) is 22.0. The SMILES string of the molecule is C[C@]12CCCC(=O)[C@@H]1CC=C2CC/C=C/C(O)(CC(F)(F)F)CC(F)(F)F. The van der Waals surface area contributed by atoms with Gasteiger partial charge in [-0.2, -0.15) is 26.3 Å². The van der Waals surface area contributed by atoms with Crippen LogP contribution in [0.25, 0.3) is 0 Å². The molecule has 1 N–H and O–H groups in total. The third-order valence-electron chi connectivity index (χ3n) is 5.63. The molecule has 2 aliphatic carbocycles. The zero-order valence-corrected chi connectivity index (χ0v) is 15.1. The average molecular weight is 398 g/mol. The quantitative estimate of drug-likeness (QED) is 0.463. The standard InChI is InChI=1S/C19H24F6O2/c1-16-9-4-6-15(26)14(16)8-7-13(16)5-2-3-10-17(27,11-18(20,21)22)12-19(23,24)25/h3,7,10,14,27H,2,4-6,8-9,11-12H2,1H3/b10-3+/t14-,16+/m0/s1. The zero-order chi connectivity index (χ0) is 20.5. The van der Waals surface area contributed by atoms with Gasteiger partial charge in [-0.15, -0.1) is 0 Å². The van der Waals surface area contributed by atoms with Crippen LogP contribution in [0.1, 0.15) is 58.3 Å². The summed E-state index contributed by atoms with van der Waals surface area (Å²) < 4.78 is 75.3. The second-order valence-corrected chi connectivity index (χ2v) is 7.88. The second-order valence-electron chi connectivity index (χ2n) is 7.88. The van der Waals surface area contributed by atoms with E-state index >= 15 is 0 Å². The molecule has 0 aromatic heterocycles. The van der Waals surface area contributed by atoms with Gasteiger partial charge in [-0.3, -0.25) is 4.79 Å². The molecule has 1 saturated carbocycles. The van der Waals surface area contributed by atoms with Gasteiger partial charge in [-0.1, -0.05) is 30.7 Å². The van der Waals surface area contributed by atoms with Gasteiger partial charge < -0.3 is 5.11 Å². The molecule has 2 nitrogen and oxygen atoms in total. The van der Waals surface area contributed by atoms with Crippen LogP contribution in [0.2, 0.25) is 0 Å². The molecule has 27 heavy (non-hydrogen) atoms. The van der Waals surface area contributed by atoms with Crippen molar-refractivity contribution >= 4 is 5.78 Å². The van der Waals surface area contributed by atoms with Gasteiger partial charge in [-0.05, 0) is 37.5 Å². The average Bonchev–Trinajstić information content (AvgIpc) is 2.77. The molecule has 0 heterocycles. The van der Waals surface area contributed by atoms with Gasteiger partial charge in [-0.25, -0.2) is 0 Å². The molecular weight excluding hydrogens is 374 g/mol. The minimum Gasteiger partial charge on any atom is -0.385 e. The Morgan fingerprint density at radius 3 is 2.33 bits per heavy atom. The van der Waals surface area contributed by atoms with Gasteiger partial charge in [0.1, 0.15) is 5.78 Å². The van der Waals surface area contributed by atoms with Gasteiger partial charge in [0.25, 0.3) is 0 Å². The summed E-state index contributed by atoms with van der Waals surface area (Å²) in [7, 11) is 0. The Hall–Kier alpha value is -1.31. The van der Waals surface area contributed by atoms with Crippen molar-refractivity contribution in [2.45, 2.75) is 76.2 Å². The summed E-state index contributed by atoms with van der Waals surface area (Å²) in [6.07, 6.45) is -6.47. The van der Waals surface area contributed by atoms with Crippen molar-refractivity contribution in [3.63, 3.8) is 0 Å². The van der Waals surface area contributed by atoms with E-state index in [1.807, 2.05) is 13.0 Å². The lowest BCUT2D eigenvalue weighted by Crippen LogP contribution is -2.37. The number of hydrogen-bond acceptors (Lipinski definition) is 2. The summed E-state index contributed by atoms with van der Waals surface area (Å²) >= 11 is 0. The molecule has 0 aromatic carbocycles. The first-order chi connectivity index (χ1) is 12.2. The monoisotopic (exact) mass is 398 g/mol. The Labute approximate surface area is 154 Å². The topological polar surface area (TPSA) is 37.3 Å². The highest BCUT2D eigenvalue weighted by atomic mass is 19.4. The Morgan fingerprint density at radius 1 is 1.19 bits per heavy atom. The minimum atomic E-state index is -4.92. The number of hydrogen-bond donors (Lipinski definition) is 1. The molecular formula is C19H24F6O2. The number of fused-ring (bicyclic) bond motifs is 1. The maximum Gasteiger partial charge on any atom is 0.392 e. The van der Waals surface area contributed by atoms with Crippen LogP contribution in [0.15, 0.2) is 23.8 Å². The predicted molar refractivity (Wildman–Crippen MR) is 87.8 cm³/mol. The fourth-order valence-electron chi connectivity index (χ4n) is 4.41. The molecule has 2 aliphatic rings. The largest absolute Gasteiger partial charge is 0.392 e. The molecule has 0 saturated heterocycles. The summed E-state index contributed by atoms with van der Waals surface area (Å²) in [6.45, 7) is 2.00. The normalized spacial score (nSPS) is 27.2. The lowest BCUT2D eigenvalue weighted by atomic mass is 9.65. The fourth-order valence-corrected chi connectivity index (χ4v) is 4.41. The number of carbonyl (C=O) groups excluding carboxylic acids is 1. The molecule has 2 atom stereocenters. The Morgan fingerprint density at radius 2 is 1.78 bits per heavy atom. The molecule has 0 aliphatic heterocycles. The van der Waals surface area contributed by atoms with E-state index in [-0.39, 0.29) is 23.5 Å². The van der Waals surface area contributed by atoms with Gasteiger partial charge in [0, 0.05) is 12.3 Å². The summed E-state index contributed by atoms with van der Waals surface area (Å²) in [6, 6.07) is 0. The summed E-state index contributed by atoms with van der Waals surface area (Å²) in [5.41, 5.74) is -2.24. The highest BCUT2D eigenvalue weighted by Crippen LogP contribution is 2.52. The maximum atomic E-state index is 12.6. The van der Waals surface area contributed by atoms with E-state index in [9.17, 15) is 36.2 Å². The molecule has 154 valence electrons. The van der Waals surface area contributed by atoms with E-state index in [1.54, 1.807) is 0 Å². The highest BCUT2D eigenvalue weighted by molar-refractivity contribution is 5.84. The maximum absolute atomic E-state index is 12.6. The van der Waals surface area contributed by atoms with Crippen molar-refractivity contribution in [3.05, 3.63) is 23.8 Å². The third-order valence-corrected chi connectivity index (χ3v) is 5.63. The minimum absolute atomic E-state index is 0.0716. The smallest absolute Gasteiger partial charge is 0.385 e. The van der Waals surface area contributed by atoms with Crippen LogP contribution in [-0.4, -0.2) is 28.8 Å². The third kappa shape index (κ3) is 5.83. The lowest BCUT2D eigenvalue weighted by molar-refractivity contribution is -0.204. The first-order valence-electron chi connectivity index (χ1n) is 9.00. The van der Waals surface area contributed by atoms with Gasteiger partial charge in [0.2, 0.25) is 0 Å². The van der Waals surface area contributed by atoms with E-state index in [4.69, 9.17) is 0 Å². The molecule has 0 unspecified atom stereocenters. The van der Waals surface area contributed by atoms with Crippen molar-refractivity contribution in [3.8, 4) is 0 Å². The predicted octanol–water partition coefficient (Wildman–Crippen LogP) is 5.66. The number of alkyl halides is 6. The van der Waals surface area contributed by atoms with Crippen molar-refractivity contribution in [1.29, 1.82) is 0 Å². The number of aliphatic hydroxyl groups is 1. The van der Waals surface area contributed by atoms with Crippen molar-refractivity contribution < 1.29 is 36.2 Å². The molecule has 0 bridgehead atoms. The van der Waals surface area contributed by atoms with Crippen LogP contribution in [0.3, 0.4) is 0 Å². The Bertz CT molecular complexity index is 601. The number of rotatable bonds is 6. The number of halogens is 6. The van der Waals surface area contributed by atoms with Crippen LogP contribution in [0.4, 0.5) is 26.3 Å². The van der Waals surface area contributed by atoms with E-state index in [0.717, 1.165) is 18.4 Å². The van der Waals surface area contributed by atoms with Crippen LogP contribution < -0.4 is 0 Å². The van der Waals surface area contributed by atoms with Gasteiger partial charge in [0.05, 0.1) is 18.4 Å². The molecule has 0 spiro atoms. The number of Topliss-reactive ketones (excluding diaryl/α,β-unsaturated/α-hetero) is 1. The Balaban J connectivity index is 2.01. The van der Waals surface area contributed by atoms with Gasteiger partial charge >= 0.3 is 12.4 Å². The molecule has 1 fully saturated rings. The second kappa shape index (κ2) is 7.60. The molecule has 0 radical (unpaired) electrons. The summed E-state index contributed by atoms with van der Waals surface area (Å²) in [5.74, 6) is 0.146. The lowest BCUT2D eigenvalue weighted by Gasteiger charge is -2.38. The van der Waals surface area contributed by atoms with Crippen LogP contribution >= 0.6 is 0 Å². The Kier molecular flexibility index (Phi) is 6.19.